The molecule has 0 aliphatic rings. The average Bonchev–Trinajstić information content (AvgIpc) is 2.91. The van der Waals surface area contributed by atoms with Crippen LogP contribution in [0.1, 0.15) is 16.1 Å². The number of carbonyl (C=O) groups excluding carboxylic acids is 1. The zero-order valence-electron chi connectivity index (χ0n) is 12.1. The summed E-state index contributed by atoms with van der Waals surface area (Å²) in [5, 5.41) is 7.46. The molecule has 2 heterocycles. The molecular formula is C16H12ClFN4O. The second-order valence-corrected chi connectivity index (χ2v) is 5.30. The molecular weight excluding hydrogens is 319 g/mol. The number of halogens is 2. The Labute approximate surface area is 136 Å². The molecule has 0 saturated carbocycles. The van der Waals surface area contributed by atoms with E-state index in [9.17, 15) is 9.18 Å². The van der Waals surface area contributed by atoms with Crippen LogP contribution in [0.2, 0.25) is 5.02 Å². The summed E-state index contributed by atoms with van der Waals surface area (Å²) >= 11 is 5.98. The summed E-state index contributed by atoms with van der Waals surface area (Å²) in [5.41, 5.74) is 2.25. The van der Waals surface area contributed by atoms with Gasteiger partial charge in [0.2, 0.25) is 5.95 Å². The van der Waals surface area contributed by atoms with E-state index in [1.165, 1.54) is 24.5 Å². The summed E-state index contributed by atoms with van der Waals surface area (Å²) in [6.45, 7) is 1.78. The van der Waals surface area contributed by atoms with Crippen LogP contribution in [0.15, 0.2) is 48.8 Å². The number of amides is 1. The summed E-state index contributed by atoms with van der Waals surface area (Å²) in [6.07, 6.45) is 2.73. The molecule has 0 atom stereocenters. The van der Waals surface area contributed by atoms with Crippen LogP contribution in [0, 0.1) is 12.9 Å². The molecule has 1 aromatic carbocycles. The van der Waals surface area contributed by atoms with E-state index in [2.05, 4.69) is 15.4 Å². The van der Waals surface area contributed by atoms with E-state index in [0.29, 0.717) is 22.0 Å². The molecule has 0 radical (unpaired) electrons. The zero-order valence-corrected chi connectivity index (χ0v) is 12.9. The molecule has 3 rings (SSSR count). The fourth-order valence-electron chi connectivity index (χ4n) is 2.15. The molecule has 0 fully saturated rings. The SMILES string of the molecule is Cc1c(C(=O)Nc2ccc(F)nc2)cnn1-c1cccc(Cl)c1. The monoisotopic (exact) mass is 330 g/mol. The first-order chi connectivity index (χ1) is 11.0. The van der Waals surface area contributed by atoms with Gasteiger partial charge >= 0.3 is 0 Å². The van der Waals surface area contributed by atoms with Crippen LogP contribution in [0.25, 0.3) is 5.69 Å². The van der Waals surface area contributed by atoms with Gasteiger partial charge in [-0.3, -0.25) is 4.79 Å². The van der Waals surface area contributed by atoms with Crippen LogP contribution in [0.4, 0.5) is 10.1 Å². The van der Waals surface area contributed by atoms with Crippen LogP contribution in [0.3, 0.4) is 0 Å². The fraction of sp³-hybridized carbons (Fsp3) is 0.0625. The van der Waals surface area contributed by atoms with Gasteiger partial charge < -0.3 is 5.32 Å². The van der Waals surface area contributed by atoms with E-state index in [1.54, 1.807) is 23.7 Å². The van der Waals surface area contributed by atoms with Crippen molar-refractivity contribution < 1.29 is 9.18 Å². The number of benzene rings is 1. The number of hydrogen-bond donors (Lipinski definition) is 1. The predicted molar refractivity (Wildman–Crippen MR) is 85.5 cm³/mol. The van der Waals surface area contributed by atoms with Crippen molar-refractivity contribution in [3.63, 3.8) is 0 Å². The van der Waals surface area contributed by atoms with E-state index in [0.717, 1.165) is 5.69 Å². The van der Waals surface area contributed by atoms with Crippen LogP contribution in [0.5, 0.6) is 0 Å². The van der Waals surface area contributed by atoms with Crippen molar-refractivity contribution in [1.82, 2.24) is 14.8 Å². The molecule has 0 aliphatic carbocycles. The Bertz CT molecular complexity index is 861. The first-order valence-electron chi connectivity index (χ1n) is 6.78. The van der Waals surface area contributed by atoms with Crippen LogP contribution >= 0.6 is 11.6 Å². The molecule has 116 valence electrons. The number of anilines is 1. The number of aromatic nitrogens is 3. The molecule has 2 aromatic heterocycles. The highest BCUT2D eigenvalue weighted by atomic mass is 35.5. The van der Waals surface area contributed by atoms with Crippen molar-refractivity contribution >= 4 is 23.2 Å². The van der Waals surface area contributed by atoms with Crippen LogP contribution < -0.4 is 5.32 Å². The Kier molecular flexibility index (Phi) is 4.08. The average molecular weight is 331 g/mol. The maximum absolute atomic E-state index is 12.8. The topological polar surface area (TPSA) is 59.8 Å². The minimum atomic E-state index is -0.604. The van der Waals surface area contributed by atoms with Gasteiger partial charge in [0, 0.05) is 5.02 Å². The predicted octanol–water partition coefficient (Wildman–Crippen LogP) is 3.62. The highest BCUT2D eigenvalue weighted by Crippen LogP contribution is 2.18. The normalized spacial score (nSPS) is 10.6. The first kappa shape index (κ1) is 15.2. The number of rotatable bonds is 3. The van der Waals surface area contributed by atoms with E-state index in [4.69, 9.17) is 11.6 Å². The van der Waals surface area contributed by atoms with E-state index in [1.807, 2.05) is 12.1 Å². The number of hydrogen-bond acceptors (Lipinski definition) is 3. The zero-order chi connectivity index (χ0) is 16.4. The largest absolute Gasteiger partial charge is 0.320 e. The second kappa shape index (κ2) is 6.18. The fourth-order valence-corrected chi connectivity index (χ4v) is 2.33. The van der Waals surface area contributed by atoms with Gasteiger partial charge in [-0.2, -0.15) is 9.49 Å². The quantitative estimate of drug-likeness (QED) is 0.746. The minimum absolute atomic E-state index is 0.343. The molecule has 0 spiro atoms. The van der Waals surface area contributed by atoms with Crippen molar-refractivity contribution in [2.45, 2.75) is 6.92 Å². The molecule has 5 nitrogen and oxygen atoms in total. The third-order valence-corrected chi connectivity index (χ3v) is 3.53. The lowest BCUT2D eigenvalue weighted by atomic mass is 10.2. The van der Waals surface area contributed by atoms with E-state index < -0.39 is 5.95 Å². The van der Waals surface area contributed by atoms with Gasteiger partial charge in [-0.25, -0.2) is 9.67 Å². The van der Waals surface area contributed by atoms with E-state index >= 15 is 0 Å². The number of nitrogens with one attached hydrogen (secondary N) is 1. The van der Waals surface area contributed by atoms with Crippen LogP contribution in [-0.2, 0) is 0 Å². The van der Waals surface area contributed by atoms with Gasteiger partial charge in [0.05, 0.1) is 35.0 Å². The molecule has 0 aliphatic heterocycles. The summed E-state index contributed by atoms with van der Waals surface area (Å²) in [5.74, 6) is -0.947. The summed E-state index contributed by atoms with van der Waals surface area (Å²) in [6, 6.07) is 9.79. The third-order valence-electron chi connectivity index (χ3n) is 3.29. The lowest BCUT2D eigenvalue weighted by molar-refractivity contribution is 0.102. The minimum Gasteiger partial charge on any atom is -0.320 e. The molecule has 3 aromatic rings. The Morgan fingerprint density at radius 3 is 2.78 bits per heavy atom. The van der Waals surface area contributed by atoms with Gasteiger partial charge in [-0.15, -0.1) is 0 Å². The molecule has 0 saturated heterocycles. The Morgan fingerprint density at radius 2 is 2.09 bits per heavy atom. The number of pyridine rings is 1. The van der Waals surface area contributed by atoms with Crippen molar-refractivity contribution in [3.8, 4) is 5.69 Å². The molecule has 0 unspecified atom stereocenters. The molecule has 7 heteroatoms. The van der Waals surface area contributed by atoms with Crippen molar-refractivity contribution in [3.05, 3.63) is 71.0 Å². The Balaban J connectivity index is 1.86. The summed E-state index contributed by atoms with van der Waals surface area (Å²) < 4.78 is 14.4. The van der Waals surface area contributed by atoms with Crippen molar-refractivity contribution in [2.75, 3.05) is 5.32 Å². The summed E-state index contributed by atoms with van der Waals surface area (Å²) in [4.78, 5) is 15.8. The lowest BCUT2D eigenvalue weighted by Crippen LogP contribution is -2.13. The lowest BCUT2D eigenvalue weighted by Gasteiger charge is -2.07. The van der Waals surface area contributed by atoms with Gasteiger partial charge in [-0.05, 0) is 37.3 Å². The maximum atomic E-state index is 12.8. The smallest absolute Gasteiger partial charge is 0.259 e. The van der Waals surface area contributed by atoms with E-state index in [-0.39, 0.29) is 5.91 Å². The summed E-state index contributed by atoms with van der Waals surface area (Å²) in [7, 11) is 0. The highest BCUT2D eigenvalue weighted by molar-refractivity contribution is 6.30. The molecule has 0 bridgehead atoms. The van der Waals surface area contributed by atoms with Gasteiger partial charge in [0.1, 0.15) is 0 Å². The van der Waals surface area contributed by atoms with Gasteiger partial charge in [0.25, 0.3) is 5.91 Å². The molecule has 23 heavy (non-hydrogen) atoms. The number of carbonyl (C=O) groups is 1. The van der Waals surface area contributed by atoms with Crippen molar-refractivity contribution in [2.24, 2.45) is 0 Å². The maximum Gasteiger partial charge on any atom is 0.259 e. The van der Waals surface area contributed by atoms with Gasteiger partial charge in [0.15, 0.2) is 0 Å². The Hall–Kier alpha value is -2.73. The van der Waals surface area contributed by atoms with Gasteiger partial charge in [-0.1, -0.05) is 17.7 Å². The van der Waals surface area contributed by atoms with Crippen molar-refractivity contribution in [1.29, 1.82) is 0 Å². The highest BCUT2D eigenvalue weighted by Gasteiger charge is 2.15. The standard InChI is InChI=1S/C16H12ClFN4O/c1-10-14(16(23)21-12-5-6-15(18)19-8-12)9-20-22(10)13-4-2-3-11(17)7-13/h2-9H,1H3,(H,21,23). The molecule has 1 N–H and O–H groups in total. The second-order valence-electron chi connectivity index (χ2n) is 4.86. The molecule has 1 amide bonds. The Morgan fingerprint density at radius 1 is 1.26 bits per heavy atom. The third kappa shape index (κ3) is 3.22. The van der Waals surface area contributed by atoms with Crippen LogP contribution in [-0.4, -0.2) is 20.7 Å². The number of nitrogens with zero attached hydrogens (tertiary/aromatic N) is 3. The first-order valence-corrected chi connectivity index (χ1v) is 7.16.